The van der Waals surface area contributed by atoms with Gasteiger partial charge in [0.15, 0.2) is 0 Å². The summed E-state index contributed by atoms with van der Waals surface area (Å²) < 4.78 is 26.3. The highest BCUT2D eigenvalue weighted by atomic mass is 35.5. The van der Waals surface area contributed by atoms with Crippen molar-refractivity contribution < 1.29 is 18.0 Å². The largest absolute Gasteiger partial charge is 0.355 e. The molecule has 186 valence electrons. The topological polar surface area (TPSA) is 86.8 Å². The minimum absolute atomic E-state index is 0.0883. The van der Waals surface area contributed by atoms with Crippen molar-refractivity contribution in [3.63, 3.8) is 0 Å². The Labute approximate surface area is 208 Å². The number of rotatable bonds is 11. The minimum atomic E-state index is -3.53. The number of amides is 2. The van der Waals surface area contributed by atoms with E-state index in [1.165, 1.54) is 9.21 Å². The first kappa shape index (κ1) is 27.7. The molecule has 0 radical (unpaired) electrons. The van der Waals surface area contributed by atoms with Crippen molar-refractivity contribution in [1.82, 2.24) is 10.2 Å². The lowest BCUT2D eigenvalue weighted by Gasteiger charge is -2.29. The van der Waals surface area contributed by atoms with Gasteiger partial charge in [-0.1, -0.05) is 35.9 Å². The van der Waals surface area contributed by atoms with Gasteiger partial charge in [0.25, 0.3) is 0 Å². The number of nitrogens with zero attached hydrogens (tertiary/aromatic N) is 2. The number of benzene rings is 2. The summed E-state index contributed by atoms with van der Waals surface area (Å²) in [5.41, 5.74) is 3.24. The van der Waals surface area contributed by atoms with Crippen LogP contribution in [0.5, 0.6) is 0 Å². The maximum atomic E-state index is 13.2. The number of hydrogen-bond donors (Lipinski definition) is 1. The fourth-order valence-electron chi connectivity index (χ4n) is 3.81. The van der Waals surface area contributed by atoms with Crippen molar-refractivity contribution >= 4 is 39.1 Å². The summed E-state index contributed by atoms with van der Waals surface area (Å²) >= 11 is 6.30. The van der Waals surface area contributed by atoms with Crippen molar-refractivity contribution in [2.75, 3.05) is 23.7 Å². The lowest BCUT2D eigenvalue weighted by molar-refractivity contribution is -0.140. The van der Waals surface area contributed by atoms with Crippen LogP contribution in [0.2, 0.25) is 5.02 Å². The molecule has 2 rings (SSSR count). The van der Waals surface area contributed by atoms with Crippen LogP contribution >= 0.6 is 11.6 Å². The predicted molar refractivity (Wildman–Crippen MR) is 137 cm³/mol. The van der Waals surface area contributed by atoms with E-state index in [1.807, 2.05) is 51.1 Å². The molecule has 2 amide bonds. The summed E-state index contributed by atoms with van der Waals surface area (Å²) in [5.74, 6) is -0.497. The second-order valence-electron chi connectivity index (χ2n) is 8.47. The fourth-order valence-corrected chi connectivity index (χ4v) is 4.96. The van der Waals surface area contributed by atoms with E-state index in [0.29, 0.717) is 23.7 Å². The van der Waals surface area contributed by atoms with Gasteiger partial charge in [0.05, 0.1) is 11.9 Å². The third-order valence-corrected chi connectivity index (χ3v) is 7.03. The second kappa shape index (κ2) is 12.2. The number of aryl methyl sites for hydroxylation is 2. The monoisotopic (exact) mass is 507 g/mol. The first-order chi connectivity index (χ1) is 15.9. The highest BCUT2D eigenvalue weighted by molar-refractivity contribution is 7.92. The Morgan fingerprint density at radius 3 is 2.26 bits per heavy atom. The molecule has 0 saturated carbocycles. The van der Waals surface area contributed by atoms with Crippen LogP contribution in [0.15, 0.2) is 42.5 Å². The van der Waals surface area contributed by atoms with Gasteiger partial charge < -0.3 is 10.2 Å². The molecule has 0 aliphatic carbocycles. The standard InChI is InChI=1S/C25H34ClN3O4S/c1-6-27-25(31)20(4)28(17-21-10-7-8-11-23(21)26)24(30)12-9-13-29(34(5,32)33)22-15-18(2)14-19(3)16-22/h7-8,10-11,14-16,20H,6,9,12-13,17H2,1-5H3,(H,27,31). The van der Waals surface area contributed by atoms with Crippen LogP contribution in [0.25, 0.3) is 0 Å². The van der Waals surface area contributed by atoms with E-state index in [2.05, 4.69) is 5.32 Å². The molecule has 0 spiro atoms. The number of hydrogen-bond acceptors (Lipinski definition) is 4. The molecule has 7 nitrogen and oxygen atoms in total. The van der Waals surface area contributed by atoms with Gasteiger partial charge in [0, 0.05) is 31.1 Å². The molecule has 0 aromatic heterocycles. The highest BCUT2D eigenvalue weighted by Crippen LogP contribution is 2.23. The summed E-state index contributed by atoms with van der Waals surface area (Å²) in [6, 6.07) is 12.1. The summed E-state index contributed by atoms with van der Waals surface area (Å²) in [6.07, 6.45) is 1.55. The van der Waals surface area contributed by atoms with Crippen LogP contribution in [0.3, 0.4) is 0 Å². The SMILES string of the molecule is CCNC(=O)C(C)N(Cc1ccccc1Cl)C(=O)CCCN(c1cc(C)cc(C)c1)S(C)(=O)=O. The van der Waals surface area contributed by atoms with Crippen molar-refractivity contribution in [1.29, 1.82) is 0 Å². The van der Waals surface area contributed by atoms with Crippen LogP contribution in [0.4, 0.5) is 5.69 Å². The van der Waals surface area contributed by atoms with Crippen LogP contribution in [0.1, 0.15) is 43.4 Å². The van der Waals surface area contributed by atoms with Gasteiger partial charge in [-0.3, -0.25) is 13.9 Å². The Morgan fingerprint density at radius 2 is 1.71 bits per heavy atom. The van der Waals surface area contributed by atoms with E-state index in [4.69, 9.17) is 11.6 Å². The summed E-state index contributed by atoms with van der Waals surface area (Å²) in [6.45, 7) is 8.12. The zero-order valence-corrected chi connectivity index (χ0v) is 22.0. The second-order valence-corrected chi connectivity index (χ2v) is 10.8. The molecule has 0 aliphatic heterocycles. The zero-order chi connectivity index (χ0) is 25.5. The van der Waals surface area contributed by atoms with E-state index in [1.54, 1.807) is 19.1 Å². The Morgan fingerprint density at radius 1 is 1.09 bits per heavy atom. The van der Waals surface area contributed by atoms with Crippen molar-refractivity contribution in [2.45, 2.75) is 53.1 Å². The number of nitrogens with one attached hydrogen (secondary N) is 1. The Hall–Kier alpha value is -2.58. The number of carbonyl (C=O) groups excluding carboxylic acids is 2. The normalized spacial score (nSPS) is 12.2. The molecule has 1 N–H and O–H groups in total. The van der Waals surface area contributed by atoms with Crippen molar-refractivity contribution in [3.8, 4) is 0 Å². The van der Waals surface area contributed by atoms with E-state index >= 15 is 0 Å². The Balaban J connectivity index is 2.19. The van der Waals surface area contributed by atoms with Gasteiger partial charge in [0.1, 0.15) is 6.04 Å². The van der Waals surface area contributed by atoms with Gasteiger partial charge in [-0.05, 0) is 69.0 Å². The molecule has 2 aromatic carbocycles. The third kappa shape index (κ3) is 7.74. The molecule has 0 saturated heterocycles. The number of carbonyl (C=O) groups is 2. The van der Waals surface area contributed by atoms with Crippen LogP contribution in [-0.4, -0.2) is 50.5 Å². The first-order valence-electron chi connectivity index (χ1n) is 11.3. The maximum absolute atomic E-state index is 13.2. The number of halogens is 1. The minimum Gasteiger partial charge on any atom is -0.355 e. The molecule has 0 bridgehead atoms. The van der Waals surface area contributed by atoms with Crippen LogP contribution in [0, 0.1) is 13.8 Å². The third-order valence-electron chi connectivity index (χ3n) is 5.46. The Kier molecular flexibility index (Phi) is 9.94. The number of anilines is 1. The maximum Gasteiger partial charge on any atom is 0.242 e. The van der Waals surface area contributed by atoms with Crippen LogP contribution < -0.4 is 9.62 Å². The predicted octanol–water partition coefficient (Wildman–Crippen LogP) is 4.06. The average molecular weight is 508 g/mol. The molecule has 0 heterocycles. The lowest BCUT2D eigenvalue weighted by atomic mass is 10.1. The van der Waals surface area contributed by atoms with Gasteiger partial charge >= 0.3 is 0 Å². The summed E-state index contributed by atoms with van der Waals surface area (Å²) in [5, 5.41) is 3.27. The van der Waals surface area contributed by atoms with E-state index < -0.39 is 16.1 Å². The van der Waals surface area contributed by atoms with Crippen LogP contribution in [-0.2, 0) is 26.2 Å². The van der Waals surface area contributed by atoms with Gasteiger partial charge in [0.2, 0.25) is 21.8 Å². The van der Waals surface area contributed by atoms with Gasteiger partial charge in [-0.25, -0.2) is 8.42 Å². The molecule has 1 atom stereocenters. The van der Waals surface area contributed by atoms with Gasteiger partial charge in [-0.15, -0.1) is 0 Å². The molecule has 1 unspecified atom stereocenters. The molecule has 34 heavy (non-hydrogen) atoms. The zero-order valence-electron chi connectivity index (χ0n) is 20.5. The smallest absolute Gasteiger partial charge is 0.242 e. The molecular formula is C25H34ClN3O4S. The number of likely N-dealkylation sites (N-methyl/N-ethyl adjacent to an activating group) is 1. The van der Waals surface area contributed by atoms with E-state index in [-0.39, 0.29) is 31.3 Å². The van der Waals surface area contributed by atoms with Crippen molar-refractivity contribution in [2.24, 2.45) is 0 Å². The summed E-state index contributed by atoms with van der Waals surface area (Å²) in [4.78, 5) is 27.2. The molecule has 0 fully saturated rings. The lowest BCUT2D eigenvalue weighted by Crippen LogP contribution is -2.47. The summed E-state index contributed by atoms with van der Waals surface area (Å²) in [7, 11) is -3.53. The molecule has 2 aromatic rings. The van der Waals surface area contributed by atoms with Crippen molar-refractivity contribution in [3.05, 3.63) is 64.2 Å². The average Bonchev–Trinajstić information content (AvgIpc) is 2.74. The first-order valence-corrected chi connectivity index (χ1v) is 13.5. The fraction of sp³-hybridized carbons (Fsp3) is 0.440. The number of sulfonamides is 1. The quantitative estimate of drug-likeness (QED) is 0.497. The highest BCUT2D eigenvalue weighted by Gasteiger charge is 2.27. The Bertz CT molecular complexity index is 1100. The molecule has 0 aliphatic rings. The van der Waals surface area contributed by atoms with E-state index in [0.717, 1.165) is 22.9 Å². The molecule has 9 heteroatoms. The molecular weight excluding hydrogens is 474 g/mol. The van der Waals surface area contributed by atoms with Gasteiger partial charge in [-0.2, -0.15) is 0 Å². The van der Waals surface area contributed by atoms with E-state index in [9.17, 15) is 18.0 Å².